The summed E-state index contributed by atoms with van der Waals surface area (Å²) in [5, 5.41) is 22.5. The molecule has 0 spiro atoms. The smallest absolute Gasteiger partial charge is 0.312 e. The van der Waals surface area contributed by atoms with Crippen LogP contribution in [0.4, 0.5) is 22.7 Å². The number of nitrogens with two attached hydrogens (primary N) is 2. The van der Waals surface area contributed by atoms with Gasteiger partial charge in [-0.1, -0.05) is 0 Å². The Balaban J connectivity index is 2.53. The lowest BCUT2D eigenvalue weighted by atomic mass is 10.1. The molecule has 0 atom stereocenters. The summed E-state index contributed by atoms with van der Waals surface area (Å²) in [7, 11) is 0. The summed E-state index contributed by atoms with van der Waals surface area (Å²) in [5.41, 5.74) is 11.4. The fourth-order valence-electron chi connectivity index (χ4n) is 2.28. The van der Waals surface area contributed by atoms with E-state index in [1.165, 1.54) is 12.1 Å². The van der Waals surface area contributed by atoms with Crippen LogP contribution in [0.3, 0.4) is 0 Å². The van der Waals surface area contributed by atoms with Crippen LogP contribution in [0.15, 0.2) is 28.7 Å². The molecule has 2 aromatic carbocycles. The fraction of sp³-hybridized carbons (Fsp3) is 0. The van der Waals surface area contributed by atoms with Crippen LogP contribution < -0.4 is 11.5 Å². The first-order valence-electron chi connectivity index (χ1n) is 5.73. The van der Waals surface area contributed by atoms with Crippen LogP contribution in [-0.2, 0) is 0 Å². The summed E-state index contributed by atoms with van der Waals surface area (Å²) in [4.78, 5) is 20.6. The summed E-state index contributed by atoms with van der Waals surface area (Å²) in [6.07, 6.45) is 0. The van der Waals surface area contributed by atoms with Gasteiger partial charge in [0.1, 0.15) is 5.58 Å². The van der Waals surface area contributed by atoms with Crippen LogP contribution in [-0.4, -0.2) is 9.85 Å². The molecule has 1 heterocycles. The van der Waals surface area contributed by atoms with E-state index in [1.54, 1.807) is 0 Å². The molecule has 0 unspecified atom stereocenters. The second kappa shape index (κ2) is 4.07. The number of anilines is 2. The summed E-state index contributed by atoms with van der Waals surface area (Å²) in [6, 6.07) is 4.91. The number of nitrogen functional groups attached to an aromatic ring is 2. The van der Waals surface area contributed by atoms with Crippen molar-refractivity contribution in [3.63, 3.8) is 0 Å². The van der Waals surface area contributed by atoms with Gasteiger partial charge in [0.25, 0.3) is 5.69 Å². The van der Waals surface area contributed by atoms with Crippen LogP contribution in [0.1, 0.15) is 0 Å². The molecule has 0 fully saturated rings. The molecule has 0 radical (unpaired) electrons. The van der Waals surface area contributed by atoms with Crippen molar-refractivity contribution in [3.8, 4) is 0 Å². The fourth-order valence-corrected chi connectivity index (χ4v) is 2.28. The van der Waals surface area contributed by atoms with Crippen molar-refractivity contribution in [1.29, 1.82) is 0 Å². The predicted molar refractivity (Wildman–Crippen MR) is 75.9 cm³/mol. The van der Waals surface area contributed by atoms with Gasteiger partial charge in [0.15, 0.2) is 0 Å². The Morgan fingerprint density at radius 3 is 2.29 bits per heavy atom. The number of fused-ring (bicyclic) bond motifs is 3. The molecule has 9 heteroatoms. The molecule has 1 aromatic heterocycles. The quantitative estimate of drug-likeness (QED) is 0.417. The molecule has 21 heavy (non-hydrogen) atoms. The number of hydrogen-bond donors (Lipinski definition) is 2. The molecule has 0 aliphatic heterocycles. The number of nitrogens with zero attached hydrogens (tertiary/aromatic N) is 2. The molecule has 0 bridgehead atoms. The molecule has 4 N–H and O–H groups in total. The summed E-state index contributed by atoms with van der Waals surface area (Å²) in [5.74, 6) is 0. The summed E-state index contributed by atoms with van der Waals surface area (Å²) < 4.78 is 5.39. The molecular formula is C12H8N4O5. The predicted octanol–water partition coefficient (Wildman–Crippen LogP) is 2.57. The van der Waals surface area contributed by atoms with E-state index in [1.807, 2.05) is 0 Å². The number of non-ortho nitro benzene ring substituents is 2. The van der Waals surface area contributed by atoms with Gasteiger partial charge in [-0.15, -0.1) is 0 Å². The Labute approximate surface area is 116 Å². The van der Waals surface area contributed by atoms with Gasteiger partial charge in [-0.05, 0) is 6.07 Å². The highest BCUT2D eigenvalue weighted by Crippen LogP contribution is 2.41. The second-order valence-corrected chi connectivity index (χ2v) is 4.40. The van der Waals surface area contributed by atoms with E-state index in [0.717, 1.165) is 12.1 Å². The zero-order valence-electron chi connectivity index (χ0n) is 10.4. The van der Waals surface area contributed by atoms with Crippen molar-refractivity contribution < 1.29 is 14.3 Å². The molecule has 9 nitrogen and oxygen atoms in total. The standard InChI is InChI=1S/C12H8N4O5/c13-6-1-2-8(16(19)20)12-11(6)10-7(14)3-5(15(17)18)4-9(10)21-12/h1-4H,13-14H2. The van der Waals surface area contributed by atoms with Gasteiger partial charge in [0.05, 0.1) is 32.4 Å². The van der Waals surface area contributed by atoms with Crippen molar-refractivity contribution in [1.82, 2.24) is 0 Å². The SMILES string of the molecule is Nc1cc([N+](=O)[O-])cc2oc3c([N+](=O)[O-])ccc(N)c3c12. The van der Waals surface area contributed by atoms with E-state index >= 15 is 0 Å². The van der Waals surface area contributed by atoms with Crippen LogP contribution in [0.25, 0.3) is 21.9 Å². The highest BCUT2D eigenvalue weighted by molar-refractivity contribution is 6.18. The van der Waals surface area contributed by atoms with Gasteiger partial charge in [-0.3, -0.25) is 20.2 Å². The monoisotopic (exact) mass is 288 g/mol. The summed E-state index contributed by atoms with van der Waals surface area (Å²) >= 11 is 0. The molecule has 0 saturated carbocycles. The van der Waals surface area contributed by atoms with Crippen molar-refractivity contribution in [2.75, 3.05) is 11.5 Å². The lowest BCUT2D eigenvalue weighted by Crippen LogP contribution is -1.93. The maximum Gasteiger partial charge on any atom is 0.312 e. The van der Waals surface area contributed by atoms with Crippen molar-refractivity contribution >= 4 is 44.7 Å². The van der Waals surface area contributed by atoms with Crippen molar-refractivity contribution in [2.24, 2.45) is 0 Å². The molecule has 0 saturated heterocycles. The topological polar surface area (TPSA) is 151 Å². The minimum atomic E-state index is -0.624. The zero-order chi connectivity index (χ0) is 15.3. The summed E-state index contributed by atoms with van der Waals surface area (Å²) in [6.45, 7) is 0. The Bertz CT molecular complexity index is 930. The number of benzene rings is 2. The van der Waals surface area contributed by atoms with Gasteiger partial charge in [0.2, 0.25) is 5.58 Å². The van der Waals surface area contributed by atoms with Gasteiger partial charge < -0.3 is 15.9 Å². The van der Waals surface area contributed by atoms with E-state index in [-0.39, 0.29) is 39.3 Å². The van der Waals surface area contributed by atoms with Crippen LogP contribution in [0.2, 0.25) is 0 Å². The van der Waals surface area contributed by atoms with E-state index in [4.69, 9.17) is 15.9 Å². The largest absolute Gasteiger partial charge is 0.448 e. The number of rotatable bonds is 2. The van der Waals surface area contributed by atoms with Gasteiger partial charge in [-0.2, -0.15) is 0 Å². The molecule has 3 aromatic rings. The second-order valence-electron chi connectivity index (χ2n) is 4.40. The number of hydrogen-bond acceptors (Lipinski definition) is 7. The molecule has 0 aliphatic carbocycles. The number of nitro benzene ring substituents is 2. The van der Waals surface area contributed by atoms with E-state index in [0.29, 0.717) is 5.39 Å². The lowest BCUT2D eigenvalue weighted by molar-refractivity contribution is -0.384. The first-order chi connectivity index (χ1) is 9.90. The third kappa shape index (κ3) is 1.71. The van der Waals surface area contributed by atoms with Crippen LogP contribution >= 0.6 is 0 Å². The first-order valence-corrected chi connectivity index (χ1v) is 5.73. The number of nitro groups is 2. The highest BCUT2D eigenvalue weighted by Gasteiger charge is 2.23. The van der Waals surface area contributed by atoms with E-state index in [9.17, 15) is 20.2 Å². The Morgan fingerprint density at radius 1 is 0.952 bits per heavy atom. The molecule has 0 aliphatic rings. The minimum absolute atomic E-state index is 0.0535. The maximum absolute atomic E-state index is 11.0. The average Bonchev–Trinajstić information content (AvgIpc) is 2.78. The van der Waals surface area contributed by atoms with Gasteiger partial charge >= 0.3 is 5.69 Å². The van der Waals surface area contributed by atoms with Crippen molar-refractivity contribution in [3.05, 3.63) is 44.5 Å². The first kappa shape index (κ1) is 12.7. The van der Waals surface area contributed by atoms with E-state index in [2.05, 4.69) is 0 Å². The molecule has 3 rings (SSSR count). The Morgan fingerprint density at radius 2 is 1.67 bits per heavy atom. The molecule has 0 amide bonds. The van der Waals surface area contributed by atoms with Crippen molar-refractivity contribution in [2.45, 2.75) is 0 Å². The number of furan rings is 1. The Kier molecular flexibility index (Phi) is 2.45. The van der Waals surface area contributed by atoms with Gasteiger partial charge in [0, 0.05) is 17.8 Å². The average molecular weight is 288 g/mol. The van der Waals surface area contributed by atoms with Crippen LogP contribution in [0, 0.1) is 20.2 Å². The Hall–Kier alpha value is -3.36. The molecule has 106 valence electrons. The third-order valence-corrected chi connectivity index (χ3v) is 3.16. The zero-order valence-corrected chi connectivity index (χ0v) is 10.4. The maximum atomic E-state index is 11.0. The molecular weight excluding hydrogens is 280 g/mol. The van der Waals surface area contributed by atoms with Gasteiger partial charge in [-0.25, -0.2) is 0 Å². The van der Waals surface area contributed by atoms with E-state index < -0.39 is 9.85 Å². The highest BCUT2D eigenvalue weighted by atomic mass is 16.6. The minimum Gasteiger partial charge on any atom is -0.448 e. The lowest BCUT2D eigenvalue weighted by Gasteiger charge is -1.99. The third-order valence-electron chi connectivity index (χ3n) is 3.16. The normalized spacial score (nSPS) is 11.0. The van der Waals surface area contributed by atoms with Crippen LogP contribution in [0.5, 0.6) is 0 Å².